The van der Waals surface area contributed by atoms with Gasteiger partial charge in [-0.25, -0.2) is 0 Å². The van der Waals surface area contributed by atoms with Crippen LogP contribution in [0, 0.1) is 20.8 Å². The van der Waals surface area contributed by atoms with Crippen LogP contribution in [-0.2, 0) is 6.54 Å². The number of anilines is 2. The lowest BCUT2D eigenvalue weighted by molar-refractivity contribution is 0.788. The summed E-state index contributed by atoms with van der Waals surface area (Å²) >= 11 is 0. The number of fused-ring (bicyclic) bond motifs is 1. The van der Waals surface area contributed by atoms with Crippen molar-refractivity contribution >= 4 is 22.1 Å². The third-order valence-corrected chi connectivity index (χ3v) is 10.1. The molecule has 3 nitrogen and oxygen atoms in total. The van der Waals surface area contributed by atoms with E-state index in [-0.39, 0.29) is 6.04 Å². The molecule has 6 rings (SSSR count). The number of rotatable bonds is 11. The minimum atomic E-state index is -0.139. The molecule has 1 atom stereocenters. The lowest BCUT2D eigenvalue weighted by atomic mass is 9.88. The molecule has 0 bridgehead atoms. The number of hydrogen-bond donors (Lipinski definition) is 2. The number of aromatic nitrogens is 1. The van der Waals surface area contributed by atoms with Crippen molar-refractivity contribution < 1.29 is 0 Å². The summed E-state index contributed by atoms with van der Waals surface area (Å²) in [6.07, 6.45) is 0. The number of hydrogen-bond acceptors (Lipinski definition) is 3. The average Bonchev–Trinajstić information content (AvgIpc) is 3.09. The molecule has 0 aliphatic rings. The summed E-state index contributed by atoms with van der Waals surface area (Å²) in [7, 11) is 0. The molecular weight excluding hydrogens is 607 g/mol. The summed E-state index contributed by atoms with van der Waals surface area (Å²) in [5.41, 5.74) is 16.0. The van der Waals surface area contributed by atoms with Crippen LogP contribution in [0.3, 0.4) is 0 Å². The van der Waals surface area contributed by atoms with Crippen molar-refractivity contribution in [2.24, 2.45) is 0 Å². The zero-order valence-corrected chi connectivity index (χ0v) is 31.4. The van der Waals surface area contributed by atoms with E-state index in [0.29, 0.717) is 24.3 Å². The Morgan fingerprint density at radius 1 is 0.560 bits per heavy atom. The van der Waals surface area contributed by atoms with E-state index in [4.69, 9.17) is 4.98 Å². The third kappa shape index (κ3) is 7.19. The molecule has 1 unspecified atom stereocenters. The maximum absolute atomic E-state index is 5.59. The Labute approximate surface area is 300 Å². The molecule has 3 heteroatoms. The van der Waals surface area contributed by atoms with Crippen LogP contribution >= 0.6 is 0 Å². The van der Waals surface area contributed by atoms with Gasteiger partial charge in [0.1, 0.15) is 0 Å². The molecule has 0 aliphatic heterocycles. The predicted octanol–water partition coefficient (Wildman–Crippen LogP) is 13.0. The molecule has 0 saturated carbocycles. The number of pyridine rings is 1. The molecule has 6 aromatic rings. The van der Waals surface area contributed by atoms with Crippen LogP contribution in [0.25, 0.3) is 22.0 Å². The van der Waals surface area contributed by atoms with Gasteiger partial charge in [-0.05, 0) is 100 Å². The Morgan fingerprint density at radius 2 is 1.14 bits per heavy atom. The van der Waals surface area contributed by atoms with Gasteiger partial charge in [-0.15, -0.1) is 0 Å². The quantitative estimate of drug-likeness (QED) is 0.145. The van der Waals surface area contributed by atoms with Crippen molar-refractivity contribution in [3.8, 4) is 11.3 Å². The minimum Gasteiger partial charge on any atom is -0.381 e. The molecule has 0 aliphatic carbocycles. The first-order chi connectivity index (χ1) is 24.0. The second-order valence-electron chi connectivity index (χ2n) is 14.9. The van der Waals surface area contributed by atoms with Gasteiger partial charge in [0.25, 0.3) is 0 Å². The van der Waals surface area contributed by atoms with Crippen LogP contribution in [0.5, 0.6) is 0 Å². The highest BCUT2D eigenvalue weighted by atomic mass is 15.0. The normalized spacial score (nSPS) is 12.2. The summed E-state index contributed by atoms with van der Waals surface area (Å²) in [5, 5.41) is 10.4. The van der Waals surface area contributed by atoms with Gasteiger partial charge in [-0.3, -0.25) is 4.98 Å². The van der Waals surface area contributed by atoms with Gasteiger partial charge in [0, 0.05) is 23.5 Å². The summed E-state index contributed by atoms with van der Waals surface area (Å²) in [6.45, 7) is 21.0. The van der Waals surface area contributed by atoms with Crippen LogP contribution in [0.1, 0.15) is 116 Å². The smallest absolute Gasteiger partial charge is 0.0943 e. The summed E-state index contributed by atoms with van der Waals surface area (Å²) in [6, 6.07) is 39.8. The molecule has 0 spiro atoms. The van der Waals surface area contributed by atoms with Gasteiger partial charge in [0.2, 0.25) is 0 Å². The standard InChI is InChI=1S/C47H53N3/c1-29(2)37-17-12-13-19-41(37)47(50-46-38(30(3)4)20-14-21-39(46)31(5)6)43-23-15-22-42(49-43)44-36(25-24-35-16-10-11-18-40(35)44)28-48-45-33(8)26-32(7)27-34(45)9/h10-27,29-31,47-48,50H,28H2,1-9H3. The molecule has 0 saturated heterocycles. The fourth-order valence-electron chi connectivity index (χ4n) is 7.63. The van der Waals surface area contributed by atoms with E-state index in [1.807, 2.05) is 0 Å². The third-order valence-electron chi connectivity index (χ3n) is 10.1. The van der Waals surface area contributed by atoms with Gasteiger partial charge >= 0.3 is 0 Å². The van der Waals surface area contributed by atoms with Crippen LogP contribution in [0.4, 0.5) is 11.4 Å². The molecule has 50 heavy (non-hydrogen) atoms. The summed E-state index contributed by atoms with van der Waals surface area (Å²) in [4.78, 5) is 5.59. The topological polar surface area (TPSA) is 37.0 Å². The summed E-state index contributed by atoms with van der Waals surface area (Å²) < 4.78 is 0. The van der Waals surface area contributed by atoms with Gasteiger partial charge in [0.05, 0.1) is 17.4 Å². The molecule has 1 aromatic heterocycles. The molecular formula is C47H53N3. The second-order valence-corrected chi connectivity index (χ2v) is 14.9. The molecule has 0 radical (unpaired) electrons. The van der Waals surface area contributed by atoms with Crippen LogP contribution < -0.4 is 10.6 Å². The Hall–Kier alpha value is -4.89. The minimum absolute atomic E-state index is 0.139. The largest absolute Gasteiger partial charge is 0.381 e. The fourth-order valence-corrected chi connectivity index (χ4v) is 7.63. The van der Waals surface area contributed by atoms with Crippen molar-refractivity contribution in [3.63, 3.8) is 0 Å². The Balaban J connectivity index is 1.52. The number of para-hydroxylation sites is 1. The van der Waals surface area contributed by atoms with Gasteiger partial charge in [-0.1, -0.05) is 144 Å². The van der Waals surface area contributed by atoms with Crippen LogP contribution in [-0.4, -0.2) is 4.98 Å². The monoisotopic (exact) mass is 659 g/mol. The van der Waals surface area contributed by atoms with Crippen molar-refractivity contribution in [2.75, 3.05) is 10.6 Å². The van der Waals surface area contributed by atoms with E-state index < -0.39 is 0 Å². The molecule has 0 amide bonds. The van der Waals surface area contributed by atoms with Crippen LogP contribution in [0.2, 0.25) is 0 Å². The first-order valence-corrected chi connectivity index (χ1v) is 18.3. The van der Waals surface area contributed by atoms with Crippen molar-refractivity contribution in [1.82, 2.24) is 4.98 Å². The first-order valence-electron chi connectivity index (χ1n) is 18.3. The lowest BCUT2D eigenvalue weighted by Gasteiger charge is -2.29. The maximum Gasteiger partial charge on any atom is 0.0943 e. The van der Waals surface area contributed by atoms with E-state index in [0.717, 1.165) is 11.4 Å². The van der Waals surface area contributed by atoms with E-state index in [1.54, 1.807) is 0 Å². The zero-order chi connectivity index (χ0) is 35.5. The van der Waals surface area contributed by atoms with Crippen LogP contribution in [0.15, 0.2) is 109 Å². The number of nitrogens with zero attached hydrogens (tertiary/aromatic N) is 1. The lowest BCUT2D eigenvalue weighted by Crippen LogP contribution is -2.19. The Kier molecular flexibility index (Phi) is 10.4. The van der Waals surface area contributed by atoms with Crippen molar-refractivity contribution in [3.05, 3.63) is 159 Å². The van der Waals surface area contributed by atoms with Gasteiger partial charge in [0.15, 0.2) is 0 Å². The van der Waals surface area contributed by atoms with E-state index >= 15 is 0 Å². The molecule has 2 N–H and O–H groups in total. The van der Waals surface area contributed by atoms with E-state index in [2.05, 4.69) is 182 Å². The number of nitrogens with one attached hydrogen (secondary N) is 2. The highest BCUT2D eigenvalue weighted by Gasteiger charge is 2.25. The molecule has 256 valence electrons. The fraction of sp³-hybridized carbons (Fsp3) is 0.298. The zero-order valence-electron chi connectivity index (χ0n) is 31.4. The SMILES string of the molecule is Cc1cc(C)c(NCc2ccc3ccccc3c2-c2cccc(C(Nc3c(C(C)C)cccc3C(C)C)c3ccccc3C(C)C)n2)c(C)c1. The molecule has 0 fully saturated rings. The number of aryl methyl sites for hydroxylation is 3. The highest BCUT2D eigenvalue weighted by molar-refractivity contribution is 5.97. The molecule has 1 heterocycles. The molecule has 5 aromatic carbocycles. The van der Waals surface area contributed by atoms with E-state index in [1.165, 1.54) is 72.2 Å². The predicted molar refractivity (Wildman–Crippen MR) is 216 cm³/mol. The Bertz CT molecular complexity index is 2070. The summed E-state index contributed by atoms with van der Waals surface area (Å²) in [5.74, 6) is 1.12. The first kappa shape index (κ1) is 35.0. The number of benzene rings is 5. The maximum atomic E-state index is 5.59. The van der Waals surface area contributed by atoms with Crippen molar-refractivity contribution in [2.45, 2.75) is 92.7 Å². The van der Waals surface area contributed by atoms with Gasteiger partial charge in [-0.2, -0.15) is 0 Å². The second kappa shape index (κ2) is 14.9. The van der Waals surface area contributed by atoms with Crippen molar-refractivity contribution in [1.29, 1.82) is 0 Å². The average molecular weight is 660 g/mol. The highest BCUT2D eigenvalue weighted by Crippen LogP contribution is 2.40. The Morgan fingerprint density at radius 3 is 1.80 bits per heavy atom. The van der Waals surface area contributed by atoms with E-state index in [9.17, 15) is 0 Å². The van der Waals surface area contributed by atoms with Gasteiger partial charge < -0.3 is 10.6 Å².